The Morgan fingerprint density at radius 3 is 2.31 bits per heavy atom. The Morgan fingerprint density at radius 2 is 1.69 bits per heavy atom. The predicted octanol–water partition coefficient (Wildman–Crippen LogP) is 1.61. The number of aromatic nitrogens is 3. The van der Waals surface area contributed by atoms with Crippen molar-refractivity contribution in [1.82, 2.24) is 15.0 Å². The number of rotatable bonds is 2. The molecule has 0 aliphatic rings. The fourth-order valence-electron chi connectivity index (χ4n) is 1.46. The standard InChI is InChI=1S/C12H14N4/c1-8-3-5-10(6-4-8)12-15-9(2)14-11(7-13)16-12/h3-6H,7,13H2,1-2H3. The number of benzene rings is 1. The first-order valence-electron chi connectivity index (χ1n) is 5.17. The van der Waals surface area contributed by atoms with E-state index in [4.69, 9.17) is 5.73 Å². The van der Waals surface area contributed by atoms with Crippen LogP contribution in [0, 0.1) is 13.8 Å². The van der Waals surface area contributed by atoms with Crippen LogP contribution >= 0.6 is 0 Å². The molecule has 0 saturated carbocycles. The lowest BCUT2D eigenvalue weighted by Gasteiger charge is -2.03. The van der Waals surface area contributed by atoms with Crippen LogP contribution in [0.4, 0.5) is 0 Å². The first kappa shape index (κ1) is 10.7. The maximum atomic E-state index is 5.54. The summed E-state index contributed by atoms with van der Waals surface area (Å²) in [7, 11) is 0. The van der Waals surface area contributed by atoms with E-state index in [0.29, 0.717) is 24.0 Å². The Morgan fingerprint density at radius 1 is 1.00 bits per heavy atom. The molecule has 0 spiro atoms. The molecule has 0 radical (unpaired) electrons. The van der Waals surface area contributed by atoms with E-state index in [2.05, 4.69) is 15.0 Å². The van der Waals surface area contributed by atoms with Crippen molar-refractivity contribution in [2.45, 2.75) is 20.4 Å². The average molecular weight is 214 g/mol. The summed E-state index contributed by atoms with van der Waals surface area (Å²) in [6.45, 7) is 4.23. The third kappa shape index (κ3) is 2.23. The van der Waals surface area contributed by atoms with Crippen LogP contribution in [0.3, 0.4) is 0 Å². The first-order valence-corrected chi connectivity index (χ1v) is 5.17. The molecule has 82 valence electrons. The minimum atomic E-state index is 0.336. The minimum absolute atomic E-state index is 0.336. The van der Waals surface area contributed by atoms with Crippen LogP contribution in [0.5, 0.6) is 0 Å². The summed E-state index contributed by atoms with van der Waals surface area (Å²) in [5.74, 6) is 2.02. The molecule has 0 fully saturated rings. The number of hydrogen-bond donors (Lipinski definition) is 1. The summed E-state index contributed by atoms with van der Waals surface area (Å²) in [6, 6.07) is 8.09. The lowest BCUT2D eigenvalue weighted by atomic mass is 10.1. The van der Waals surface area contributed by atoms with E-state index in [-0.39, 0.29) is 0 Å². The third-order valence-corrected chi connectivity index (χ3v) is 2.29. The molecule has 2 N–H and O–H groups in total. The van der Waals surface area contributed by atoms with Crippen molar-refractivity contribution < 1.29 is 0 Å². The molecule has 0 amide bonds. The predicted molar refractivity (Wildman–Crippen MR) is 62.6 cm³/mol. The van der Waals surface area contributed by atoms with Crippen LogP contribution < -0.4 is 5.73 Å². The molecular weight excluding hydrogens is 200 g/mol. The lowest BCUT2D eigenvalue weighted by Crippen LogP contribution is -2.07. The van der Waals surface area contributed by atoms with E-state index in [9.17, 15) is 0 Å². The summed E-state index contributed by atoms with van der Waals surface area (Å²) in [5.41, 5.74) is 7.74. The summed E-state index contributed by atoms with van der Waals surface area (Å²) in [6.07, 6.45) is 0. The van der Waals surface area contributed by atoms with Gasteiger partial charge in [0.05, 0.1) is 6.54 Å². The molecule has 0 unspecified atom stereocenters. The molecule has 0 aliphatic carbocycles. The Kier molecular flexibility index (Phi) is 2.92. The van der Waals surface area contributed by atoms with Crippen molar-refractivity contribution >= 4 is 0 Å². The maximum Gasteiger partial charge on any atom is 0.163 e. The fourth-order valence-corrected chi connectivity index (χ4v) is 1.46. The van der Waals surface area contributed by atoms with Crippen LogP contribution in [0.15, 0.2) is 24.3 Å². The van der Waals surface area contributed by atoms with Gasteiger partial charge in [-0.05, 0) is 13.8 Å². The highest BCUT2D eigenvalue weighted by molar-refractivity contribution is 5.55. The molecule has 16 heavy (non-hydrogen) atoms. The Bertz CT molecular complexity index is 491. The summed E-state index contributed by atoms with van der Waals surface area (Å²) >= 11 is 0. The normalized spacial score (nSPS) is 10.4. The zero-order valence-electron chi connectivity index (χ0n) is 9.44. The third-order valence-electron chi connectivity index (χ3n) is 2.29. The zero-order chi connectivity index (χ0) is 11.5. The second-order valence-corrected chi connectivity index (χ2v) is 3.69. The van der Waals surface area contributed by atoms with Crippen molar-refractivity contribution in [3.05, 3.63) is 41.5 Å². The van der Waals surface area contributed by atoms with E-state index in [0.717, 1.165) is 5.56 Å². The first-order chi connectivity index (χ1) is 7.69. The van der Waals surface area contributed by atoms with Gasteiger partial charge >= 0.3 is 0 Å². The van der Waals surface area contributed by atoms with Crippen LogP contribution in [-0.4, -0.2) is 15.0 Å². The lowest BCUT2D eigenvalue weighted by molar-refractivity contribution is 0.851. The zero-order valence-corrected chi connectivity index (χ0v) is 9.44. The van der Waals surface area contributed by atoms with E-state index >= 15 is 0 Å². The molecule has 0 saturated heterocycles. The smallest absolute Gasteiger partial charge is 0.163 e. The highest BCUT2D eigenvalue weighted by Gasteiger charge is 2.04. The second-order valence-electron chi connectivity index (χ2n) is 3.69. The highest BCUT2D eigenvalue weighted by Crippen LogP contribution is 2.15. The van der Waals surface area contributed by atoms with Crippen molar-refractivity contribution in [2.24, 2.45) is 5.73 Å². The fraction of sp³-hybridized carbons (Fsp3) is 0.250. The largest absolute Gasteiger partial charge is 0.324 e. The van der Waals surface area contributed by atoms with Crippen LogP contribution in [0.2, 0.25) is 0 Å². The van der Waals surface area contributed by atoms with Crippen molar-refractivity contribution in [2.75, 3.05) is 0 Å². The Hall–Kier alpha value is -1.81. The average Bonchev–Trinajstić information content (AvgIpc) is 2.29. The molecule has 2 aromatic rings. The van der Waals surface area contributed by atoms with Crippen LogP contribution in [0.1, 0.15) is 17.2 Å². The number of hydrogen-bond acceptors (Lipinski definition) is 4. The molecule has 1 heterocycles. The summed E-state index contributed by atoms with van der Waals surface area (Å²) in [4.78, 5) is 12.8. The van der Waals surface area contributed by atoms with Gasteiger partial charge in [-0.15, -0.1) is 0 Å². The van der Waals surface area contributed by atoms with Crippen LogP contribution in [0.25, 0.3) is 11.4 Å². The molecule has 2 rings (SSSR count). The highest BCUT2D eigenvalue weighted by atomic mass is 15.0. The van der Waals surface area contributed by atoms with Crippen molar-refractivity contribution in [3.8, 4) is 11.4 Å². The van der Waals surface area contributed by atoms with Gasteiger partial charge in [0.25, 0.3) is 0 Å². The molecule has 0 bridgehead atoms. The van der Waals surface area contributed by atoms with Gasteiger partial charge in [-0.1, -0.05) is 29.8 Å². The van der Waals surface area contributed by atoms with Gasteiger partial charge in [0.15, 0.2) is 5.82 Å². The minimum Gasteiger partial charge on any atom is -0.324 e. The van der Waals surface area contributed by atoms with Crippen molar-refractivity contribution in [1.29, 1.82) is 0 Å². The Labute approximate surface area is 94.6 Å². The summed E-state index contributed by atoms with van der Waals surface area (Å²) in [5, 5.41) is 0. The number of nitrogens with zero attached hydrogens (tertiary/aromatic N) is 3. The van der Waals surface area contributed by atoms with E-state index < -0.39 is 0 Å². The van der Waals surface area contributed by atoms with E-state index in [1.807, 2.05) is 38.1 Å². The van der Waals surface area contributed by atoms with Gasteiger partial charge in [0, 0.05) is 5.56 Å². The van der Waals surface area contributed by atoms with E-state index in [1.165, 1.54) is 5.56 Å². The maximum absolute atomic E-state index is 5.54. The van der Waals surface area contributed by atoms with Gasteiger partial charge in [0.1, 0.15) is 11.6 Å². The molecular formula is C12H14N4. The van der Waals surface area contributed by atoms with Gasteiger partial charge in [-0.2, -0.15) is 0 Å². The second kappa shape index (κ2) is 4.37. The van der Waals surface area contributed by atoms with Gasteiger partial charge < -0.3 is 5.73 Å². The molecule has 4 nitrogen and oxygen atoms in total. The van der Waals surface area contributed by atoms with Gasteiger partial charge in [-0.25, -0.2) is 15.0 Å². The van der Waals surface area contributed by atoms with E-state index in [1.54, 1.807) is 0 Å². The molecule has 0 atom stereocenters. The van der Waals surface area contributed by atoms with Crippen LogP contribution in [-0.2, 0) is 6.54 Å². The molecule has 4 heteroatoms. The molecule has 1 aromatic heterocycles. The molecule has 1 aromatic carbocycles. The quantitative estimate of drug-likeness (QED) is 0.825. The number of aryl methyl sites for hydroxylation is 2. The topological polar surface area (TPSA) is 64.7 Å². The van der Waals surface area contributed by atoms with Gasteiger partial charge in [-0.3, -0.25) is 0 Å². The number of nitrogens with two attached hydrogens (primary N) is 1. The SMILES string of the molecule is Cc1ccc(-c2nc(C)nc(CN)n2)cc1. The van der Waals surface area contributed by atoms with Gasteiger partial charge in [0.2, 0.25) is 0 Å². The molecule has 0 aliphatic heterocycles. The summed E-state index contributed by atoms with van der Waals surface area (Å²) < 4.78 is 0. The Balaban J connectivity index is 2.47. The van der Waals surface area contributed by atoms with Crippen molar-refractivity contribution in [3.63, 3.8) is 0 Å². The monoisotopic (exact) mass is 214 g/mol.